The summed E-state index contributed by atoms with van der Waals surface area (Å²) in [5.74, 6) is -1.91. The standard InChI is InChI=1S/C19H18N2O5/c1-2-11-10-20-8-7-19(13-5-3-4-6-14(13)21(25)26)15(20)9-12(11)16(17(19)22)18(23)24/h3-6,12,15,22H,1,7-10H2,(H,23,24)/t12-,15+,19+/m1/s1. The SMILES string of the molecule is C=C=C1CN2CC[C@@]3(c4ccccc4[N+](=O)[O-])C(O)=C(C(=O)O)[C@@H]1C[C@H]23. The summed E-state index contributed by atoms with van der Waals surface area (Å²) in [5, 5.41) is 32.5. The second-order valence-electron chi connectivity index (χ2n) is 7.04. The van der Waals surface area contributed by atoms with Gasteiger partial charge in [0.05, 0.1) is 15.9 Å². The number of benzene rings is 1. The molecule has 2 saturated heterocycles. The van der Waals surface area contributed by atoms with Crippen LogP contribution in [0.5, 0.6) is 0 Å². The van der Waals surface area contributed by atoms with Crippen LogP contribution in [0.15, 0.2) is 53.5 Å². The second kappa shape index (κ2) is 5.56. The van der Waals surface area contributed by atoms with Crippen LogP contribution in [-0.4, -0.2) is 45.1 Å². The van der Waals surface area contributed by atoms with Crippen LogP contribution in [0.25, 0.3) is 0 Å². The van der Waals surface area contributed by atoms with Crippen molar-refractivity contribution in [3.63, 3.8) is 0 Å². The maximum Gasteiger partial charge on any atom is 0.335 e. The van der Waals surface area contributed by atoms with Crippen LogP contribution in [-0.2, 0) is 10.2 Å². The van der Waals surface area contributed by atoms with E-state index in [0.717, 1.165) is 5.57 Å². The molecule has 3 atom stereocenters. The Balaban J connectivity index is 2.04. The van der Waals surface area contributed by atoms with Crippen LogP contribution >= 0.6 is 0 Å². The molecule has 26 heavy (non-hydrogen) atoms. The van der Waals surface area contributed by atoms with Crippen molar-refractivity contribution in [2.24, 2.45) is 5.92 Å². The van der Waals surface area contributed by atoms with Gasteiger partial charge in [0.15, 0.2) is 0 Å². The lowest BCUT2D eigenvalue weighted by molar-refractivity contribution is -0.386. The van der Waals surface area contributed by atoms with Crippen molar-refractivity contribution in [1.82, 2.24) is 4.90 Å². The molecule has 2 heterocycles. The maximum atomic E-state index is 12.0. The van der Waals surface area contributed by atoms with Gasteiger partial charge in [0.25, 0.3) is 5.69 Å². The zero-order chi connectivity index (χ0) is 18.6. The number of rotatable bonds is 3. The number of aliphatic hydroxyl groups is 1. The van der Waals surface area contributed by atoms with Crippen LogP contribution in [0.4, 0.5) is 5.69 Å². The van der Waals surface area contributed by atoms with Gasteiger partial charge in [0.2, 0.25) is 0 Å². The van der Waals surface area contributed by atoms with Gasteiger partial charge in [0, 0.05) is 36.7 Å². The number of aliphatic carboxylic acids is 1. The molecular formula is C19H18N2O5. The number of carboxylic acid groups (broad SMARTS) is 1. The molecule has 2 aliphatic heterocycles. The lowest BCUT2D eigenvalue weighted by Gasteiger charge is -2.48. The quantitative estimate of drug-likeness (QED) is 0.491. The number of carboxylic acids is 1. The van der Waals surface area contributed by atoms with E-state index >= 15 is 0 Å². The molecule has 0 amide bonds. The van der Waals surface area contributed by atoms with Crippen molar-refractivity contribution in [3.8, 4) is 0 Å². The summed E-state index contributed by atoms with van der Waals surface area (Å²) in [6.07, 6.45) is 0.915. The van der Waals surface area contributed by atoms with Crippen LogP contribution < -0.4 is 0 Å². The van der Waals surface area contributed by atoms with E-state index in [0.29, 0.717) is 31.5 Å². The van der Waals surface area contributed by atoms with Crippen LogP contribution in [0.3, 0.4) is 0 Å². The normalized spacial score (nSPS) is 30.2. The number of carbonyl (C=O) groups is 1. The third-order valence-corrected chi connectivity index (χ3v) is 6.12. The maximum absolute atomic E-state index is 12.0. The third kappa shape index (κ3) is 1.95. The van der Waals surface area contributed by atoms with E-state index in [1.54, 1.807) is 18.2 Å². The predicted octanol–water partition coefficient (Wildman–Crippen LogP) is 2.55. The molecule has 0 aromatic heterocycles. The van der Waals surface area contributed by atoms with Crippen molar-refractivity contribution in [3.05, 3.63) is 69.2 Å². The van der Waals surface area contributed by atoms with Gasteiger partial charge in [-0.05, 0) is 18.4 Å². The first-order valence-corrected chi connectivity index (χ1v) is 8.45. The van der Waals surface area contributed by atoms with E-state index in [-0.39, 0.29) is 23.1 Å². The lowest BCUT2D eigenvalue weighted by atomic mass is 9.61. The lowest BCUT2D eigenvalue weighted by Crippen LogP contribution is -2.54. The van der Waals surface area contributed by atoms with Gasteiger partial charge < -0.3 is 10.2 Å². The summed E-state index contributed by atoms with van der Waals surface area (Å²) >= 11 is 0. The van der Waals surface area contributed by atoms with Crippen LogP contribution in [0, 0.1) is 16.0 Å². The minimum Gasteiger partial charge on any atom is -0.511 e. The highest BCUT2D eigenvalue weighted by Gasteiger charge is 2.61. The number of hydrogen-bond donors (Lipinski definition) is 2. The Morgan fingerprint density at radius 1 is 1.42 bits per heavy atom. The number of para-hydroxylation sites is 1. The van der Waals surface area contributed by atoms with Crippen molar-refractivity contribution >= 4 is 11.7 Å². The van der Waals surface area contributed by atoms with E-state index < -0.39 is 22.2 Å². The smallest absolute Gasteiger partial charge is 0.335 e. The van der Waals surface area contributed by atoms with Crippen molar-refractivity contribution in [2.45, 2.75) is 24.3 Å². The highest BCUT2D eigenvalue weighted by molar-refractivity contribution is 5.90. The molecule has 7 nitrogen and oxygen atoms in total. The Labute approximate surface area is 149 Å². The molecule has 2 fully saturated rings. The zero-order valence-electron chi connectivity index (χ0n) is 14.0. The van der Waals surface area contributed by atoms with Gasteiger partial charge in [-0.3, -0.25) is 15.0 Å². The molecular weight excluding hydrogens is 336 g/mol. The van der Waals surface area contributed by atoms with Gasteiger partial charge in [-0.1, -0.05) is 24.8 Å². The van der Waals surface area contributed by atoms with Gasteiger partial charge in [-0.25, -0.2) is 4.79 Å². The topological polar surface area (TPSA) is 104 Å². The summed E-state index contributed by atoms with van der Waals surface area (Å²) in [6, 6.07) is 6.13. The average Bonchev–Trinajstić information content (AvgIpc) is 3.02. The molecule has 2 bridgehead atoms. The summed E-state index contributed by atoms with van der Waals surface area (Å²) in [7, 11) is 0. The Morgan fingerprint density at radius 3 is 2.81 bits per heavy atom. The van der Waals surface area contributed by atoms with Crippen molar-refractivity contribution < 1.29 is 19.9 Å². The average molecular weight is 354 g/mol. The fourth-order valence-electron chi connectivity index (χ4n) is 5.04. The Hall–Kier alpha value is -2.89. The minimum atomic E-state index is -1.20. The third-order valence-electron chi connectivity index (χ3n) is 6.12. The van der Waals surface area contributed by atoms with Crippen LogP contribution in [0.2, 0.25) is 0 Å². The van der Waals surface area contributed by atoms with E-state index in [2.05, 4.69) is 17.2 Å². The van der Waals surface area contributed by atoms with Gasteiger partial charge >= 0.3 is 5.97 Å². The fraction of sp³-hybridized carbons (Fsp3) is 0.368. The molecule has 134 valence electrons. The molecule has 1 aliphatic carbocycles. The van der Waals surface area contributed by atoms with Crippen LogP contribution in [0.1, 0.15) is 18.4 Å². The summed E-state index contributed by atoms with van der Waals surface area (Å²) in [6.45, 7) is 4.81. The Kier molecular flexibility index (Phi) is 3.54. The zero-order valence-corrected chi connectivity index (χ0v) is 14.0. The molecule has 7 heteroatoms. The molecule has 0 saturated carbocycles. The summed E-state index contributed by atoms with van der Waals surface area (Å²) in [5.41, 5.74) is 2.74. The summed E-state index contributed by atoms with van der Waals surface area (Å²) in [4.78, 5) is 25.2. The molecule has 3 aliphatic rings. The minimum absolute atomic E-state index is 0.0768. The van der Waals surface area contributed by atoms with Crippen molar-refractivity contribution in [2.75, 3.05) is 13.1 Å². The number of nitro groups is 1. The van der Waals surface area contributed by atoms with E-state index in [9.17, 15) is 25.1 Å². The highest BCUT2D eigenvalue weighted by Crippen LogP contribution is 2.57. The fourth-order valence-corrected chi connectivity index (χ4v) is 5.04. The van der Waals surface area contributed by atoms with E-state index in [1.165, 1.54) is 6.07 Å². The second-order valence-corrected chi connectivity index (χ2v) is 7.04. The number of nitro benzene ring substituents is 1. The molecule has 1 aromatic rings. The molecule has 2 N–H and O–H groups in total. The molecule has 0 radical (unpaired) electrons. The number of hydrogen-bond acceptors (Lipinski definition) is 5. The first kappa shape index (κ1) is 16.6. The molecule has 4 rings (SSSR count). The van der Waals surface area contributed by atoms with E-state index in [4.69, 9.17) is 0 Å². The van der Waals surface area contributed by atoms with Crippen molar-refractivity contribution in [1.29, 1.82) is 0 Å². The number of fused-ring (bicyclic) bond motifs is 1. The Morgan fingerprint density at radius 2 is 2.15 bits per heavy atom. The Bertz CT molecular complexity index is 914. The number of piperidine rings is 1. The highest BCUT2D eigenvalue weighted by atomic mass is 16.6. The summed E-state index contributed by atoms with van der Waals surface area (Å²) < 4.78 is 0. The first-order valence-electron chi connectivity index (χ1n) is 8.45. The van der Waals surface area contributed by atoms with E-state index in [1.807, 2.05) is 0 Å². The predicted molar refractivity (Wildman–Crippen MR) is 92.8 cm³/mol. The monoisotopic (exact) mass is 354 g/mol. The number of aliphatic hydroxyl groups excluding tert-OH is 1. The first-order chi connectivity index (χ1) is 12.4. The molecule has 1 aromatic carbocycles. The molecule has 0 spiro atoms. The van der Waals surface area contributed by atoms with Gasteiger partial charge in [-0.2, -0.15) is 0 Å². The largest absolute Gasteiger partial charge is 0.511 e. The number of nitrogens with zero attached hydrogens (tertiary/aromatic N) is 2. The van der Waals surface area contributed by atoms with Gasteiger partial charge in [0.1, 0.15) is 5.76 Å². The van der Waals surface area contributed by atoms with Gasteiger partial charge in [-0.15, -0.1) is 5.73 Å². The molecule has 0 unspecified atom stereocenters.